The highest BCUT2D eigenvalue weighted by molar-refractivity contribution is 5.98. The van der Waals surface area contributed by atoms with Crippen molar-refractivity contribution in [2.75, 3.05) is 18.4 Å². The maximum absolute atomic E-state index is 12.1. The van der Waals surface area contributed by atoms with E-state index in [1.807, 2.05) is 6.92 Å². The first-order valence-corrected chi connectivity index (χ1v) is 7.49. The number of carboxylic acid groups (broad SMARTS) is 1. The molecule has 8 heteroatoms. The Labute approximate surface area is 134 Å². The van der Waals surface area contributed by atoms with Gasteiger partial charge in [0.15, 0.2) is 5.78 Å². The zero-order valence-corrected chi connectivity index (χ0v) is 13.6. The number of aromatic nitrogens is 2. The molecule has 1 heterocycles. The van der Waals surface area contributed by atoms with Crippen molar-refractivity contribution in [3.63, 3.8) is 0 Å². The Balaban J connectivity index is 2.69. The lowest BCUT2D eigenvalue weighted by atomic mass is 10.2. The third-order valence-corrected chi connectivity index (χ3v) is 3.12. The quantitative estimate of drug-likeness (QED) is 0.708. The molecular weight excluding hydrogens is 300 g/mol. The van der Waals surface area contributed by atoms with Crippen LogP contribution in [0.4, 0.5) is 10.7 Å². The summed E-state index contributed by atoms with van der Waals surface area (Å²) >= 11 is 0. The molecule has 0 spiro atoms. The number of hydrogen-bond acceptors (Lipinski definition) is 5. The molecule has 2 amide bonds. The largest absolute Gasteiger partial charge is 0.465 e. The molecule has 0 saturated heterocycles. The van der Waals surface area contributed by atoms with Crippen LogP contribution in [0.25, 0.3) is 0 Å². The third kappa shape index (κ3) is 6.01. The lowest BCUT2D eigenvalue weighted by Crippen LogP contribution is -2.35. The number of Topliss-reactive ketones (excluding diaryl/α,β-unsaturated/α-hetero) is 1. The van der Waals surface area contributed by atoms with Crippen molar-refractivity contribution in [1.82, 2.24) is 14.9 Å². The molecule has 1 aromatic heterocycles. The van der Waals surface area contributed by atoms with Gasteiger partial charge >= 0.3 is 6.09 Å². The Morgan fingerprint density at radius 3 is 2.35 bits per heavy atom. The van der Waals surface area contributed by atoms with Crippen molar-refractivity contribution in [1.29, 1.82) is 0 Å². The molecule has 0 aliphatic rings. The Kier molecular flexibility index (Phi) is 7.11. The van der Waals surface area contributed by atoms with Crippen molar-refractivity contribution in [3.05, 3.63) is 18.0 Å². The lowest BCUT2D eigenvalue weighted by Gasteiger charge is -2.17. The summed E-state index contributed by atoms with van der Waals surface area (Å²) in [5, 5.41) is 11.6. The minimum atomic E-state index is -1.13. The number of amides is 2. The van der Waals surface area contributed by atoms with Gasteiger partial charge in [0.05, 0.1) is 12.1 Å². The summed E-state index contributed by atoms with van der Waals surface area (Å²) in [4.78, 5) is 43.6. The van der Waals surface area contributed by atoms with Crippen LogP contribution in [0, 0.1) is 5.92 Å². The summed E-state index contributed by atoms with van der Waals surface area (Å²) in [7, 11) is 0. The summed E-state index contributed by atoms with van der Waals surface area (Å²) in [5.41, 5.74) is 0.204. The van der Waals surface area contributed by atoms with Gasteiger partial charge in [-0.1, -0.05) is 27.2 Å². The van der Waals surface area contributed by atoms with Crippen LogP contribution >= 0.6 is 0 Å². The van der Waals surface area contributed by atoms with Gasteiger partial charge in [0.1, 0.15) is 0 Å². The second kappa shape index (κ2) is 8.82. The second-order valence-corrected chi connectivity index (χ2v) is 5.42. The molecule has 23 heavy (non-hydrogen) atoms. The number of carbonyl (C=O) groups is 3. The minimum Gasteiger partial charge on any atom is -0.465 e. The fourth-order valence-corrected chi connectivity index (χ4v) is 1.65. The van der Waals surface area contributed by atoms with E-state index in [-0.39, 0.29) is 35.7 Å². The molecule has 0 aliphatic heterocycles. The Hall–Kier alpha value is -2.51. The van der Waals surface area contributed by atoms with E-state index in [1.54, 1.807) is 13.8 Å². The van der Waals surface area contributed by atoms with Gasteiger partial charge < -0.3 is 10.0 Å². The smallest absolute Gasteiger partial charge is 0.407 e. The monoisotopic (exact) mass is 322 g/mol. The molecule has 0 aliphatic carbocycles. The summed E-state index contributed by atoms with van der Waals surface area (Å²) in [6.07, 6.45) is 2.96. The number of carbonyl (C=O) groups excluding carboxylic acids is 2. The van der Waals surface area contributed by atoms with Crippen LogP contribution in [-0.4, -0.2) is 50.8 Å². The number of unbranched alkanes of at least 4 members (excludes halogenated alkanes) is 1. The fraction of sp³-hybridized carbons (Fsp3) is 0.533. The minimum absolute atomic E-state index is 0.112. The fourth-order valence-electron chi connectivity index (χ4n) is 1.65. The number of anilines is 1. The standard InChI is InChI=1S/C15H22N4O4/c1-4-5-6-19(15(22)23)9-12(20)11-7-16-14(17-8-11)18-13(21)10(2)3/h7-8,10H,4-6,9H2,1-3H3,(H,22,23)(H,16,17,18,21). The van der Waals surface area contributed by atoms with Gasteiger partial charge in [0.2, 0.25) is 11.9 Å². The SMILES string of the molecule is CCCCN(CC(=O)c1cnc(NC(=O)C(C)C)nc1)C(=O)O. The van der Waals surface area contributed by atoms with Gasteiger partial charge in [-0.25, -0.2) is 14.8 Å². The van der Waals surface area contributed by atoms with E-state index in [9.17, 15) is 14.4 Å². The first-order valence-electron chi connectivity index (χ1n) is 7.49. The van der Waals surface area contributed by atoms with Crippen LogP contribution in [0.1, 0.15) is 44.0 Å². The average Bonchev–Trinajstić information content (AvgIpc) is 2.51. The highest BCUT2D eigenvalue weighted by Gasteiger charge is 2.17. The Morgan fingerprint density at radius 1 is 1.26 bits per heavy atom. The van der Waals surface area contributed by atoms with E-state index >= 15 is 0 Å². The predicted molar refractivity (Wildman–Crippen MR) is 84.3 cm³/mol. The highest BCUT2D eigenvalue weighted by Crippen LogP contribution is 2.06. The van der Waals surface area contributed by atoms with E-state index in [0.29, 0.717) is 13.0 Å². The molecule has 0 fully saturated rings. The molecule has 0 saturated carbocycles. The molecule has 0 atom stereocenters. The molecule has 0 bridgehead atoms. The molecule has 8 nitrogen and oxygen atoms in total. The van der Waals surface area contributed by atoms with Crippen molar-refractivity contribution < 1.29 is 19.5 Å². The number of nitrogens with zero attached hydrogens (tertiary/aromatic N) is 3. The van der Waals surface area contributed by atoms with Crippen molar-refractivity contribution in [2.24, 2.45) is 5.92 Å². The lowest BCUT2D eigenvalue weighted by molar-refractivity contribution is -0.118. The molecule has 1 rings (SSSR count). The van der Waals surface area contributed by atoms with Crippen LogP contribution in [0.3, 0.4) is 0 Å². The van der Waals surface area contributed by atoms with Gasteiger partial charge in [-0.15, -0.1) is 0 Å². The first kappa shape index (κ1) is 18.5. The van der Waals surface area contributed by atoms with Crippen LogP contribution in [0.5, 0.6) is 0 Å². The van der Waals surface area contributed by atoms with Gasteiger partial charge in [-0.3, -0.25) is 14.9 Å². The van der Waals surface area contributed by atoms with E-state index in [4.69, 9.17) is 5.11 Å². The zero-order valence-electron chi connectivity index (χ0n) is 13.6. The van der Waals surface area contributed by atoms with Crippen LogP contribution < -0.4 is 5.32 Å². The van der Waals surface area contributed by atoms with E-state index in [1.165, 1.54) is 12.4 Å². The van der Waals surface area contributed by atoms with E-state index < -0.39 is 6.09 Å². The Bertz CT molecular complexity index is 557. The predicted octanol–water partition coefficient (Wildman–Crippen LogP) is 2.03. The molecule has 0 unspecified atom stereocenters. The van der Waals surface area contributed by atoms with Gasteiger partial charge in [-0.2, -0.15) is 0 Å². The third-order valence-electron chi connectivity index (χ3n) is 3.12. The van der Waals surface area contributed by atoms with Crippen molar-refractivity contribution >= 4 is 23.7 Å². The molecular formula is C15H22N4O4. The summed E-state index contributed by atoms with van der Waals surface area (Å²) < 4.78 is 0. The Morgan fingerprint density at radius 2 is 1.87 bits per heavy atom. The maximum Gasteiger partial charge on any atom is 0.407 e. The van der Waals surface area contributed by atoms with Crippen molar-refractivity contribution in [2.45, 2.75) is 33.6 Å². The van der Waals surface area contributed by atoms with Crippen LogP contribution in [0.2, 0.25) is 0 Å². The average molecular weight is 322 g/mol. The molecule has 1 aromatic rings. The van der Waals surface area contributed by atoms with Gasteiger partial charge in [0.25, 0.3) is 0 Å². The second-order valence-electron chi connectivity index (χ2n) is 5.42. The molecule has 0 aromatic carbocycles. The first-order chi connectivity index (χ1) is 10.8. The number of rotatable bonds is 8. The van der Waals surface area contributed by atoms with Gasteiger partial charge in [0, 0.05) is 24.9 Å². The highest BCUT2D eigenvalue weighted by atomic mass is 16.4. The zero-order chi connectivity index (χ0) is 17.4. The van der Waals surface area contributed by atoms with Crippen molar-refractivity contribution in [3.8, 4) is 0 Å². The van der Waals surface area contributed by atoms with Gasteiger partial charge in [-0.05, 0) is 6.42 Å². The van der Waals surface area contributed by atoms with Crippen LogP contribution in [-0.2, 0) is 4.79 Å². The number of hydrogen-bond donors (Lipinski definition) is 2. The number of nitrogens with one attached hydrogen (secondary N) is 1. The van der Waals surface area contributed by atoms with Crippen LogP contribution in [0.15, 0.2) is 12.4 Å². The van der Waals surface area contributed by atoms with E-state index in [0.717, 1.165) is 11.3 Å². The molecule has 0 radical (unpaired) electrons. The number of ketones is 1. The topological polar surface area (TPSA) is 112 Å². The normalized spacial score (nSPS) is 10.4. The van der Waals surface area contributed by atoms with E-state index in [2.05, 4.69) is 15.3 Å². The molecule has 126 valence electrons. The molecule has 2 N–H and O–H groups in total. The summed E-state index contributed by atoms with van der Waals surface area (Å²) in [5.74, 6) is -0.699. The maximum atomic E-state index is 12.1. The summed E-state index contributed by atoms with van der Waals surface area (Å²) in [6, 6.07) is 0. The summed E-state index contributed by atoms with van der Waals surface area (Å²) in [6.45, 7) is 5.49.